The lowest BCUT2D eigenvalue weighted by Crippen LogP contribution is -2.10. The number of aliphatic imine (C=N–C) groups is 1. The highest BCUT2D eigenvalue weighted by Gasteiger charge is 2.28. The van der Waals surface area contributed by atoms with Gasteiger partial charge in [0.05, 0.1) is 18.0 Å². The molecular weight excluding hydrogens is 383 g/mol. The van der Waals surface area contributed by atoms with Gasteiger partial charge in [-0.25, -0.2) is 9.37 Å². The highest BCUT2D eigenvalue weighted by atomic mass is 19.1. The van der Waals surface area contributed by atoms with Gasteiger partial charge in [-0.05, 0) is 57.0 Å². The summed E-state index contributed by atoms with van der Waals surface area (Å²) in [6.45, 7) is 5.79. The first-order valence-corrected chi connectivity index (χ1v) is 9.98. The third kappa shape index (κ3) is 3.63. The fourth-order valence-electron chi connectivity index (χ4n) is 3.75. The number of carbonyl (C=O) groups excluding carboxylic acids is 1. The van der Waals surface area contributed by atoms with E-state index in [-0.39, 0.29) is 24.2 Å². The van der Waals surface area contributed by atoms with Gasteiger partial charge in [-0.15, -0.1) is 0 Å². The number of aryl methyl sites for hydroxylation is 2. The van der Waals surface area contributed by atoms with E-state index in [1.54, 1.807) is 32.4 Å². The number of ether oxygens (including phenoxy) is 1. The molecule has 0 spiro atoms. The number of carbonyl (C=O) groups is 1. The van der Waals surface area contributed by atoms with Crippen LogP contribution in [0.25, 0.3) is 5.69 Å². The van der Waals surface area contributed by atoms with Crippen LogP contribution in [-0.4, -0.2) is 32.8 Å². The van der Waals surface area contributed by atoms with Crippen LogP contribution in [0, 0.1) is 19.7 Å². The smallest absolute Gasteiger partial charge is 0.305 e. The molecule has 4 rings (SSSR count). The molecular formula is C23H23FN4O2. The van der Waals surface area contributed by atoms with Gasteiger partial charge in [-0.3, -0.25) is 19.3 Å². The molecule has 0 bridgehead atoms. The molecule has 30 heavy (non-hydrogen) atoms. The third-order valence-electron chi connectivity index (χ3n) is 5.18. The molecule has 0 aliphatic carbocycles. The number of esters is 1. The zero-order chi connectivity index (χ0) is 21.3. The fraction of sp³-hybridized carbons (Fsp3) is 0.304. The van der Waals surface area contributed by atoms with E-state index in [1.165, 1.54) is 6.07 Å². The van der Waals surface area contributed by atoms with E-state index in [4.69, 9.17) is 9.73 Å². The molecule has 0 saturated carbocycles. The van der Waals surface area contributed by atoms with Gasteiger partial charge in [0.15, 0.2) is 0 Å². The van der Waals surface area contributed by atoms with E-state index in [2.05, 4.69) is 9.97 Å². The van der Waals surface area contributed by atoms with Gasteiger partial charge in [0.25, 0.3) is 0 Å². The average molecular weight is 406 g/mol. The predicted octanol–water partition coefficient (Wildman–Crippen LogP) is 4.26. The summed E-state index contributed by atoms with van der Waals surface area (Å²) in [7, 11) is 0. The number of benzene rings is 1. The summed E-state index contributed by atoms with van der Waals surface area (Å²) < 4.78 is 21.6. The zero-order valence-corrected chi connectivity index (χ0v) is 17.2. The summed E-state index contributed by atoms with van der Waals surface area (Å²) in [6, 6.07) is 6.73. The van der Waals surface area contributed by atoms with Gasteiger partial charge >= 0.3 is 5.97 Å². The van der Waals surface area contributed by atoms with Crippen LogP contribution in [0.2, 0.25) is 0 Å². The van der Waals surface area contributed by atoms with E-state index >= 15 is 0 Å². The summed E-state index contributed by atoms with van der Waals surface area (Å²) in [5.74, 6) is 0.123. The first-order chi connectivity index (χ1) is 14.5. The summed E-state index contributed by atoms with van der Waals surface area (Å²) >= 11 is 0. The van der Waals surface area contributed by atoms with Crippen molar-refractivity contribution >= 4 is 11.7 Å². The van der Waals surface area contributed by atoms with Crippen molar-refractivity contribution in [3.8, 4) is 5.69 Å². The summed E-state index contributed by atoms with van der Waals surface area (Å²) in [5, 5.41) is 0. The van der Waals surface area contributed by atoms with Gasteiger partial charge in [-0.2, -0.15) is 0 Å². The second-order valence-electron chi connectivity index (χ2n) is 7.29. The van der Waals surface area contributed by atoms with Crippen LogP contribution in [0.1, 0.15) is 54.0 Å². The van der Waals surface area contributed by atoms with E-state index in [0.717, 1.165) is 16.8 Å². The quantitative estimate of drug-likeness (QED) is 0.594. The van der Waals surface area contributed by atoms with Crippen LogP contribution >= 0.6 is 0 Å². The molecule has 1 aliphatic heterocycles. The zero-order valence-electron chi connectivity index (χ0n) is 17.2. The van der Waals surface area contributed by atoms with Gasteiger partial charge < -0.3 is 4.74 Å². The molecule has 3 heterocycles. The molecule has 0 amide bonds. The molecule has 1 aromatic carbocycles. The monoisotopic (exact) mass is 406 g/mol. The van der Waals surface area contributed by atoms with Crippen molar-refractivity contribution in [3.63, 3.8) is 0 Å². The van der Waals surface area contributed by atoms with Crippen molar-refractivity contribution in [2.75, 3.05) is 6.61 Å². The SMILES string of the molecule is CCOC(=O)CC[C@@H]1N=C(c2cccnc2)c2cc(C)c(F)cc2-n2c(C)cnc21. The van der Waals surface area contributed by atoms with Crippen LogP contribution in [0.4, 0.5) is 4.39 Å². The van der Waals surface area contributed by atoms with Crippen LogP contribution in [0.5, 0.6) is 0 Å². The number of nitrogens with zero attached hydrogens (tertiary/aromatic N) is 4. The average Bonchev–Trinajstić information content (AvgIpc) is 3.06. The Morgan fingerprint density at radius 2 is 2.10 bits per heavy atom. The van der Waals surface area contributed by atoms with E-state index in [1.807, 2.05) is 29.7 Å². The lowest BCUT2D eigenvalue weighted by molar-refractivity contribution is -0.143. The molecule has 0 N–H and O–H groups in total. The number of hydrogen-bond donors (Lipinski definition) is 0. The summed E-state index contributed by atoms with van der Waals surface area (Å²) in [4.78, 5) is 25.8. The molecule has 6 nitrogen and oxygen atoms in total. The minimum atomic E-state index is -0.380. The van der Waals surface area contributed by atoms with Crippen molar-refractivity contribution in [1.82, 2.24) is 14.5 Å². The number of imidazole rings is 1. The van der Waals surface area contributed by atoms with Crippen LogP contribution in [0.3, 0.4) is 0 Å². The molecule has 0 radical (unpaired) electrons. The second-order valence-corrected chi connectivity index (χ2v) is 7.29. The van der Waals surface area contributed by atoms with Gasteiger partial charge in [0.2, 0.25) is 0 Å². The van der Waals surface area contributed by atoms with Gasteiger partial charge in [0.1, 0.15) is 17.7 Å². The largest absolute Gasteiger partial charge is 0.466 e. The third-order valence-corrected chi connectivity index (χ3v) is 5.18. The first-order valence-electron chi connectivity index (χ1n) is 9.98. The number of halogens is 1. The number of hydrogen-bond acceptors (Lipinski definition) is 5. The van der Waals surface area contributed by atoms with Gasteiger partial charge in [-0.1, -0.05) is 0 Å². The maximum absolute atomic E-state index is 14.6. The highest BCUT2D eigenvalue weighted by Crippen LogP contribution is 2.34. The summed E-state index contributed by atoms with van der Waals surface area (Å²) in [5.41, 5.74) is 4.44. The predicted molar refractivity (Wildman–Crippen MR) is 111 cm³/mol. The Morgan fingerprint density at radius 1 is 1.27 bits per heavy atom. The molecule has 2 aromatic heterocycles. The molecule has 3 aromatic rings. The summed E-state index contributed by atoms with van der Waals surface area (Å²) in [6.07, 6.45) is 5.85. The van der Waals surface area contributed by atoms with Crippen molar-refractivity contribution < 1.29 is 13.9 Å². The number of aromatic nitrogens is 3. The van der Waals surface area contributed by atoms with Crippen LogP contribution < -0.4 is 0 Å². The Hall–Kier alpha value is -3.35. The molecule has 0 unspecified atom stereocenters. The Morgan fingerprint density at radius 3 is 2.83 bits per heavy atom. The number of pyridine rings is 1. The Bertz CT molecular complexity index is 1120. The first kappa shape index (κ1) is 19.9. The Kier molecular flexibility index (Phi) is 5.44. The standard InChI is InChI=1S/C23H23FN4O2/c1-4-30-21(29)8-7-19-23-26-12-15(3)28(23)20-11-18(24)14(2)10-17(20)22(27-19)16-6-5-9-25-13-16/h5-6,9-13,19H,4,7-8H2,1-3H3/t19-/m0/s1. The minimum Gasteiger partial charge on any atom is -0.466 e. The maximum Gasteiger partial charge on any atom is 0.305 e. The number of fused-ring (bicyclic) bond motifs is 3. The van der Waals surface area contributed by atoms with Crippen molar-refractivity contribution in [2.24, 2.45) is 4.99 Å². The van der Waals surface area contributed by atoms with Gasteiger partial charge in [0, 0.05) is 41.8 Å². The Labute approximate surface area is 174 Å². The molecule has 7 heteroatoms. The maximum atomic E-state index is 14.6. The Balaban J connectivity index is 1.91. The fourth-order valence-corrected chi connectivity index (χ4v) is 3.75. The highest BCUT2D eigenvalue weighted by molar-refractivity contribution is 6.15. The molecule has 0 fully saturated rings. The van der Waals surface area contributed by atoms with Crippen molar-refractivity contribution in [3.05, 3.63) is 76.9 Å². The second kappa shape index (κ2) is 8.18. The normalized spacial score (nSPS) is 15.1. The van der Waals surface area contributed by atoms with E-state index in [0.29, 0.717) is 35.8 Å². The topological polar surface area (TPSA) is 69.4 Å². The molecule has 1 aliphatic rings. The van der Waals surface area contributed by atoms with E-state index in [9.17, 15) is 9.18 Å². The molecule has 154 valence electrons. The lowest BCUT2D eigenvalue weighted by atomic mass is 9.99. The minimum absolute atomic E-state index is 0.220. The van der Waals surface area contributed by atoms with Crippen LogP contribution in [-0.2, 0) is 9.53 Å². The molecule has 0 saturated heterocycles. The van der Waals surface area contributed by atoms with E-state index < -0.39 is 0 Å². The number of rotatable bonds is 5. The van der Waals surface area contributed by atoms with Crippen molar-refractivity contribution in [2.45, 2.75) is 39.7 Å². The van der Waals surface area contributed by atoms with Crippen molar-refractivity contribution in [1.29, 1.82) is 0 Å². The molecule has 1 atom stereocenters. The van der Waals surface area contributed by atoms with Crippen LogP contribution in [0.15, 0.2) is 47.8 Å². The lowest BCUT2D eigenvalue weighted by Gasteiger charge is -2.15.